The molecule has 0 radical (unpaired) electrons. The van der Waals surface area contributed by atoms with Crippen LogP contribution < -0.4 is 15.4 Å². The van der Waals surface area contributed by atoms with Gasteiger partial charge in [0.15, 0.2) is 11.0 Å². The van der Waals surface area contributed by atoms with Crippen molar-refractivity contribution >= 4 is 40.6 Å². The number of carbonyl (C=O) groups excluding carboxylic acids is 1. The Kier molecular flexibility index (Phi) is 7.94. The van der Waals surface area contributed by atoms with Crippen LogP contribution in [0.4, 0.5) is 11.4 Å². The van der Waals surface area contributed by atoms with E-state index < -0.39 is 0 Å². The minimum atomic E-state index is -0.108. The van der Waals surface area contributed by atoms with Gasteiger partial charge in [0.1, 0.15) is 5.75 Å². The lowest BCUT2D eigenvalue weighted by atomic mass is 10.1. The first-order valence-corrected chi connectivity index (χ1v) is 12.4. The number of thioether (sulfide) groups is 1. The summed E-state index contributed by atoms with van der Waals surface area (Å²) in [6.45, 7) is 4.42. The number of hydrogen-bond acceptors (Lipinski definition) is 6. The number of halogens is 1. The highest BCUT2D eigenvalue weighted by Gasteiger charge is 2.17. The second kappa shape index (κ2) is 11.3. The molecule has 4 aromatic rings. The van der Waals surface area contributed by atoms with Crippen LogP contribution >= 0.6 is 23.4 Å². The van der Waals surface area contributed by atoms with Crippen LogP contribution in [0.1, 0.15) is 17.0 Å². The molecule has 0 spiro atoms. The number of anilines is 2. The first kappa shape index (κ1) is 24.6. The van der Waals surface area contributed by atoms with Crippen LogP contribution in [0.5, 0.6) is 5.75 Å². The van der Waals surface area contributed by atoms with Crippen molar-refractivity contribution in [1.82, 2.24) is 14.8 Å². The quantitative estimate of drug-likeness (QED) is 0.275. The van der Waals surface area contributed by atoms with E-state index >= 15 is 0 Å². The molecule has 0 fully saturated rings. The van der Waals surface area contributed by atoms with Crippen molar-refractivity contribution in [3.05, 3.63) is 88.7 Å². The third-order valence-corrected chi connectivity index (χ3v) is 6.81. The van der Waals surface area contributed by atoms with Gasteiger partial charge >= 0.3 is 0 Å². The van der Waals surface area contributed by atoms with E-state index in [1.54, 1.807) is 7.11 Å². The predicted molar refractivity (Wildman–Crippen MR) is 142 cm³/mol. The second-order valence-corrected chi connectivity index (χ2v) is 9.20. The summed E-state index contributed by atoms with van der Waals surface area (Å²) in [7, 11) is 1.63. The molecule has 35 heavy (non-hydrogen) atoms. The normalized spacial score (nSPS) is 10.7. The minimum Gasteiger partial charge on any atom is -0.497 e. The highest BCUT2D eigenvalue weighted by atomic mass is 35.5. The summed E-state index contributed by atoms with van der Waals surface area (Å²) in [6, 6.07) is 21.0. The lowest BCUT2D eigenvalue weighted by Gasteiger charge is -2.13. The Morgan fingerprint density at radius 3 is 2.49 bits per heavy atom. The molecule has 1 heterocycles. The average molecular weight is 508 g/mol. The summed E-state index contributed by atoms with van der Waals surface area (Å²) in [6.07, 6.45) is 0. The summed E-state index contributed by atoms with van der Waals surface area (Å²) >= 11 is 7.62. The maximum absolute atomic E-state index is 12.7. The van der Waals surface area contributed by atoms with Crippen molar-refractivity contribution in [3.8, 4) is 11.4 Å². The molecule has 9 heteroatoms. The predicted octanol–water partition coefficient (Wildman–Crippen LogP) is 5.89. The minimum absolute atomic E-state index is 0.108. The number of nitrogens with one attached hydrogen (secondary N) is 2. The molecule has 180 valence electrons. The standard InChI is InChI=1S/C26H26ClN5O2S/c1-17-7-6-10-22(18(17)2)29-25(33)16-35-26-31-30-24(15-28-23-9-5-4-8-21(23)27)32(26)19-11-13-20(34-3)14-12-19/h4-14,28H,15-16H2,1-3H3,(H,29,33). The number of hydrogen-bond donors (Lipinski definition) is 2. The number of amides is 1. The number of aromatic nitrogens is 3. The van der Waals surface area contributed by atoms with Gasteiger partial charge in [0, 0.05) is 11.4 Å². The number of carbonyl (C=O) groups is 1. The summed E-state index contributed by atoms with van der Waals surface area (Å²) in [5.74, 6) is 1.52. The van der Waals surface area contributed by atoms with Crippen LogP contribution in [0.3, 0.4) is 0 Å². The largest absolute Gasteiger partial charge is 0.497 e. The summed E-state index contributed by atoms with van der Waals surface area (Å²) in [4.78, 5) is 12.7. The van der Waals surface area contributed by atoms with E-state index in [0.29, 0.717) is 22.5 Å². The first-order valence-electron chi connectivity index (χ1n) is 11.0. The van der Waals surface area contributed by atoms with Gasteiger partial charge in [-0.1, -0.05) is 47.6 Å². The third kappa shape index (κ3) is 5.96. The molecule has 4 rings (SSSR count). The zero-order valence-corrected chi connectivity index (χ0v) is 21.3. The Balaban J connectivity index is 1.54. The van der Waals surface area contributed by atoms with Crippen molar-refractivity contribution in [2.24, 2.45) is 0 Å². The van der Waals surface area contributed by atoms with Gasteiger partial charge in [-0.15, -0.1) is 10.2 Å². The number of rotatable bonds is 9. The molecule has 3 aromatic carbocycles. The fraction of sp³-hybridized carbons (Fsp3) is 0.192. The van der Waals surface area contributed by atoms with Crippen molar-refractivity contribution in [3.63, 3.8) is 0 Å². The molecule has 2 N–H and O–H groups in total. The number of methoxy groups -OCH3 is 1. The molecule has 0 aliphatic carbocycles. The molecule has 0 atom stereocenters. The van der Waals surface area contributed by atoms with E-state index in [9.17, 15) is 4.79 Å². The van der Waals surface area contributed by atoms with Crippen LogP contribution in [-0.4, -0.2) is 33.5 Å². The van der Waals surface area contributed by atoms with E-state index in [-0.39, 0.29) is 11.7 Å². The van der Waals surface area contributed by atoms with E-state index in [1.807, 2.05) is 85.1 Å². The number of ether oxygens (including phenoxy) is 1. The third-order valence-electron chi connectivity index (χ3n) is 5.55. The molecule has 0 unspecified atom stereocenters. The second-order valence-electron chi connectivity index (χ2n) is 7.85. The highest BCUT2D eigenvalue weighted by Crippen LogP contribution is 2.26. The molecule has 1 amide bonds. The topological polar surface area (TPSA) is 81.1 Å². The monoisotopic (exact) mass is 507 g/mol. The van der Waals surface area contributed by atoms with Crippen LogP contribution in [0.25, 0.3) is 5.69 Å². The zero-order chi connectivity index (χ0) is 24.8. The van der Waals surface area contributed by atoms with Crippen LogP contribution in [0, 0.1) is 13.8 Å². The summed E-state index contributed by atoms with van der Waals surface area (Å²) < 4.78 is 7.22. The van der Waals surface area contributed by atoms with E-state index in [0.717, 1.165) is 33.9 Å². The Morgan fingerprint density at radius 2 is 1.74 bits per heavy atom. The van der Waals surface area contributed by atoms with Gasteiger partial charge in [0.05, 0.1) is 30.1 Å². The number of nitrogens with zero attached hydrogens (tertiary/aromatic N) is 3. The lowest BCUT2D eigenvalue weighted by Crippen LogP contribution is -2.16. The van der Waals surface area contributed by atoms with Gasteiger partial charge < -0.3 is 15.4 Å². The Hall–Kier alpha value is -3.49. The SMILES string of the molecule is COc1ccc(-n2c(CNc3ccccc3Cl)nnc2SCC(=O)Nc2cccc(C)c2C)cc1. The summed E-state index contributed by atoms with van der Waals surface area (Å²) in [5.41, 5.74) is 4.67. The zero-order valence-electron chi connectivity index (χ0n) is 19.7. The van der Waals surface area contributed by atoms with Crippen LogP contribution in [0.15, 0.2) is 71.9 Å². The van der Waals surface area contributed by atoms with E-state index in [1.165, 1.54) is 11.8 Å². The fourth-order valence-electron chi connectivity index (χ4n) is 3.48. The number of aryl methyl sites for hydroxylation is 1. The molecular weight excluding hydrogens is 482 g/mol. The van der Waals surface area contributed by atoms with Gasteiger partial charge in [0.2, 0.25) is 5.91 Å². The molecule has 0 aliphatic rings. The molecule has 0 bridgehead atoms. The van der Waals surface area contributed by atoms with Crippen LogP contribution in [-0.2, 0) is 11.3 Å². The van der Waals surface area contributed by atoms with Gasteiger partial charge in [-0.3, -0.25) is 9.36 Å². The van der Waals surface area contributed by atoms with Crippen molar-refractivity contribution < 1.29 is 9.53 Å². The van der Waals surface area contributed by atoms with Crippen LogP contribution in [0.2, 0.25) is 5.02 Å². The fourth-order valence-corrected chi connectivity index (χ4v) is 4.45. The van der Waals surface area contributed by atoms with Crippen molar-refractivity contribution in [1.29, 1.82) is 0 Å². The molecule has 7 nitrogen and oxygen atoms in total. The maximum Gasteiger partial charge on any atom is 0.234 e. The van der Waals surface area contributed by atoms with Gasteiger partial charge in [-0.25, -0.2) is 0 Å². The molecule has 0 aliphatic heterocycles. The Morgan fingerprint density at radius 1 is 1.00 bits per heavy atom. The average Bonchev–Trinajstić information content (AvgIpc) is 3.28. The maximum atomic E-state index is 12.7. The molecule has 0 saturated heterocycles. The van der Waals surface area contributed by atoms with E-state index in [2.05, 4.69) is 20.8 Å². The molecule has 0 saturated carbocycles. The number of para-hydroxylation sites is 1. The van der Waals surface area contributed by atoms with Gasteiger partial charge in [-0.2, -0.15) is 0 Å². The number of benzene rings is 3. The molecule has 1 aromatic heterocycles. The smallest absolute Gasteiger partial charge is 0.234 e. The van der Waals surface area contributed by atoms with Gasteiger partial charge in [0.25, 0.3) is 0 Å². The van der Waals surface area contributed by atoms with Crippen molar-refractivity contribution in [2.75, 3.05) is 23.5 Å². The lowest BCUT2D eigenvalue weighted by molar-refractivity contribution is -0.113. The van der Waals surface area contributed by atoms with Gasteiger partial charge in [-0.05, 0) is 67.4 Å². The van der Waals surface area contributed by atoms with E-state index in [4.69, 9.17) is 16.3 Å². The Labute approximate surface area is 213 Å². The van der Waals surface area contributed by atoms with Crippen molar-refractivity contribution in [2.45, 2.75) is 25.5 Å². The molecular formula is C26H26ClN5O2S. The Bertz CT molecular complexity index is 1320. The first-order chi connectivity index (χ1) is 17.0. The highest BCUT2D eigenvalue weighted by molar-refractivity contribution is 7.99. The summed E-state index contributed by atoms with van der Waals surface area (Å²) in [5, 5.41) is 16.3.